The molecular formula is C40H75N9O10. The second-order valence-electron chi connectivity index (χ2n) is 16.9. The van der Waals surface area contributed by atoms with Crippen LogP contribution in [-0.4, -0.2) is 119 Å². The van der Waals surface area contributed by atoms with E-state index in [1.165, 1.54) is 13.8 Å². The predicted molar refractivity (Wildman–Crippen MR) is 223 cm³/mol. The topological polar surface area (TPSA) is 313 Å². The zero-order valence-corrected chi connectivity index (χ0v) is 37.1. The standard InChI is InChI=1S/C40H75N9O10/c1-13-23(10)31(48-33(51)24(11)43-35(53)28(42)20(4)5)38(56)49-32(25(12)50)39(57)47-30(22(8)9)37(55)45-27(18-19(2)3)34(52)46-29(21(6)7)36(54)44-26(40(58)59)16-14-15-17-41/h19-32,50H,13-18,41-42H2,1-12H3,(H,43,53)(H,44,54)(H,45,55)(H,46,52)(H,47,57)(H,48,51)(H,49,56)(H,58,59)/t23-,24-,25+,26-,27-,28-,29-,30-,31-,32-/m0/s1. The van der Waals surface area contributed by atoms with E-state index in [1.54, 1.807) is 55.4 Å². The minimum Gasteiger partial charge on any atom is -0.480 e. The molecule has 59 heavy (non-hydrogen) atoms. The van der Waals surface area contributed by atoms with Crippen LogP contribution in [0.3, 0.4) is 0 Å². The molecule has 19 heteroatoms. The van der Waals surface area contributed by atoms with Gasteiger partial charge in [0.1, 0.15) is 42.3 Å². The van der Waals surface area contributed by atoms with E-state index in [-0.39, 0.29) is 24.7 Å². The summed E-state index contributed by atoms with van der Waals surface area (Å²) >= 11 is 0. The number of carbonyl (C=O) groups is 8. The van der Waals surface area contributed by atoms with Crippen LogP contribution in [0.5, 0.6) is 0 Å². The Balaban J connectivity index is 6.16. The van der Waals surface area contributed by atoms with Crippen LogP contribution in [0.2, 0.25) is 0 Å². The molecule has 0 aliphatic carbocycles. The smallest absolute Gasteiger partial charge is 0.326 e. The SMILES string of the molecule is CC[C@H](C)[C@H](NC(=O)[C@H](C)NC(=O)[C@@H](N)C(C)C)C(=O)N[C@H](C(=O)N[C@H](C(=O)N[C@@H](CC(C)C)C(=O)N[C@H](C(=O)N[C@@H](CCCCN)C(=O)O)C(C)C)C(C)C)[C@@H](C)O. The monoisotopic (exact) mass is 842 g/mol. The van der Waals surface area contributed by atoms with Crippen molar-refractivity contribution in [3.05, 3.63) is 0 Å². The van der Waals surface area contributed by atoms with E-state index in [9.17, 15) is 48.6 Å². The number of hydrogen-bond donors (Lipinski definition) is 11. The van der Waals surface area contributed by atoms with Crippen molar-refractivity contribution >= 4 is 47.3 Å². The average Bonchev–Trinajstić information content (AvgIpc) is 3.14. The zero-order valence-electron chi connectivity index (χ0n) is 37.1. The predicted octanol–water partition coefficient (Wildman–Crippen LogP) is -0.618. The number of carbonyl (C=O) groups excluding carboxylic acids is 7. The number of nitrogens with one attached hydrogen (secondary N) is 7. The highest BCUT2D eigenvalue weighted by atomic mass is 16.4. The molecule has 0 aliphatic rings. The van der Waals surface area contributed by atoms with E-state index in [4.69, 9.17) is 11.5 Å². The Hall–Kier alpha value is -4.36. The molecular weight excluding hydrogens is 766 g/mol. The lowest BCUT2D eigenvalue weighted by Gasteiger charge is -2.31. The molecule has 0 spiro atoms. The molecule has 0 aromatic rings. The fourth-order valence-electron chi connectivity index (χ4n) is 5.85. The number of nitrogens with two attached hydrogens (primary N) is 2. The van der Waals surface area contributed by atoms with E-state index in [0.717, 1.165) is 0 Å². The quantitative estimate of drug-likeness (QED) is 0.0462. The molecule has 10 atom stereocenters. The van der Waals surface area contributed by atoms with Gasteiger partial charge < -0.3 is 58.9 Å². The third kappa shape index (κ3) is 19.1. The lowest BCUT2D eigenvalue weighted by Crippen LogP contribution is -2.63. The molecule has 0 fully saturated rings. The van der Waals surface area contributed by atoms with Crippen molar-refractivity contribution < 1.29 is 48.6 Å². The van der Waals surface area contributed by atoms with Gasteiger partial charge in [-0.1, -0.05) is 75.7 Å². The maximum Gasteiger partial charge on any atom is 0.326 e. The fourth-order valence-corrected chi connectivity index (χ4v) is 5.85. The summed E-state index contributed by atoms with van der Waals surface area (Å²) in [6, 6.07) is -9.43. The Kier molecular flexibility index (Phi) is 24.7. The highest BCUT2D eigenvalue weighted by Crippen LogP contribution is 2.13. The van der Waals surface area contributed by atoms with E-state index < -0.39 is 120 Å². The van der Waals surface area contributed by atoms with Crippen LogP contribution in [-0.2, 0) is 38.4 Å². The number of unbranched alkanes of at least 4 members (excludes halogenated alkanes) is 1. The maximum absolute atomic E-state index is 13.8. The van der Waals surface area contributed by atoms with Gasteiger partial charge in [-0.3, -0.25) is 33.6 Å². The number of amides is 7. The second kappa shape index (κ2) is 26.7. The normalized spacial score (nSPS) is 16.7. The Bertz CT molecular complexity index is 1410. The van der Waals surface area contributed by atoms with Crippen molar-refractivity contribution in [1.82, 2.24) is 37.2 Å². The summed E-state index contributed by atoms with van der Waals surface area (Å²) < 4.78 is 0. The van der Waals surface area contributed by atoms with Crippen LogP contribution in [0.4, 0.5) is 0 Å². The molecule has 0 saturated carbocycles. The second-order valence-corrected chi connectivity index (χ2v) is 16.9. The molecule has 0 heterocycles. The van der Waals surface area contributed by atoms with Crippen molar-refractivity contribution in [3.8, 4) is 0 Å². The number of aliphatic hydroxyl groups excluding tert-OH is 1. The van der Waals surface area contributed by atoms with E-state index in [2.05, 4.69) is 37.2 Å². The number of hydrogen-bond acceptors (Lipinski definition) is 11. The molecule has 7 amide bonds. The Morgan fingerprint density at radius 1 is 0.525 bits per heavy atom. The van der Waals surface area contributed by atoms with Gasteiger partial charge in [-0.25, -0.2) is 4.79 Å². The highest BCUT2D eigenvalue weighted by molar-refractivity contribution is 5.97. The van der Waals surface area contributed by atoms with Crippen molar-refractivity contribution in [2.45, 2.75) is 170 Å². The molecule has 0 aromatic heterocycles. The number of aliphatic carboxylic acids is 1. The van der Waals surface area contributed by atoms with E-state index >= 15 is 0 Å². The molecule has 13 N–H and O–H groups in total. The molecule has 19 nitrogen and oxygen atoms in total. The van der Waals surface area contributed by atoms with Crippen molar-refractivity contribution in [2.75, 3.05) is 6.54 Å². The third-order valence-corrected chi connectivity index (χ3v) is 10.0. The summed E-state index contributed by atoms with van der Waals surface area (Å²) in [5.74, 6) is -8.07. The lowest BCUT2D eigenvalue weighted by molar-refractivity contribution is -0.143. The summed E-state index contributed by atoms with van der Waals surface area (Å²) in [6.07, 6.45) is 0.308. The van der Waals surface area contributed by atoms with Crippen molar-refractivity contribution in [2.24, 2.45) is 41.1 Å². The van der Waals surface area contributed by atoms with Gasteiger partial charge in [0.15, 0.2) is 0 Å². The largest absolute Gasteiger partial charge is 0.480 e. The van der Waals surface area contributed by atoms with Crippen LogP contribution in [0.15, 0.2) is 0 Å². The van der Waals surface area contributed by atoms with Crippen LogP contribution in [0.1, 0.15) is 115 Å². The lowest BCUT2D eigenvalue weighted by atomic mass is 9.96. The molecule has 0 saturated heterocycles. The van der Waals surface area contributed by atoms with Gasteiger partial charge in [-0.05, 0) is 75.7 Å². The third-order valence-electron chi connectivity index (χ3n) is 10.0. The first-order valence-corrected chi connectivity index (χ1v) is 20.8. The first-order chi connectivity index (χ1) is 27.3. The zero-order chi connectivity index (χ0) is 45.9. The average molecular weight is 842 g/mol. The van der Waals surface area contributed by atoms with Gasteiger partial charge in [0.2, 0.25) is 41.4 Å². The van der Waals surface area contributed by atoms with Gasteiger partial charge in [0.05, 0.1) is 12.1 Å². The maximum atomic E-state index is 13.8. The number of rotatable bonds is 27. The number of carboxylic acid groups (broad SMARTS) is 1. The minimum absolute atomic E-state index is 0.117. The van der Waals surface area contributed by atoms with Gasteiger partial charge in [-0.2, -0.15) is 0 Å². The first kappa shape index (κ1) is 54.6. The van der Waals surface area contributed by atoms with Crippen LogP contribution >= 0.6 is 0 Å². The molecule has 0 bridgehead atoms. The molecule has 0 unspecified atom stereocenters. The Labute approximate surface area is 349 Å². The van der Waals surface area contributed by atoms with Gasteiger partial charge in [0, 0.05) is 0 Å². The summed E-state index contributed by atoms with van der Waals surface area (Å²) in [5, 5.41) is 38.4. The summed E-state index contributed by atoms with van der Waals surface area (Å²) in [7, 11) is 0. The van der Waals surface area contributed by atoms with Crippen LogP contribution < -0.4 is 48.7 Å². The minimum atomic E-state index is -1.58. The van der Waals surface area contributed by atoms with Crippen LogP contribution in [0, 0.1) is 29.6 Å². The molecule has 0 aliphatic heterocycles. The van der Waals surface area contributed by atoms with E-state index in [0.29, 0.717) is 25.8 Å². The number of carboxylic acids is 1. The molecule has 0 aromatic carbocycles. The summed E-state index contributed by atoms with van der Waals surface area (Å²) in [4.78, 5) is 106. The Morgan fingerprint density at radius 2 is 0.966 bits per heavy atom. The molecule has 0 radical (unpaired) electrons. The Morgan fingerprint density at radius 3 is 1.39 bits per heavy atom. The summed E-state index contributed by atoms with van der Waals surface area (Å²) in [6.45, 7) is 20.4. The fraction of sp³-hybridized carbons (Fsp3) is 0.800. The van der Waals surface area contributed by atoms with Gasteiger partial charge in [-0.15, -0.1) is 0 Å². The van der Waals surface area contributed by atoms with Crippen molar-refractivity contribution in [3.63, 3.8) is 0 Å². The summed E-state index contributed by atoms with van der Waals surface area (Å²) in [5.41, 5.74) is 11.4. The highest BCUT2D eigenvalue weighted by Gasteiger charge is 2.37. The molecule has 340 valence electrons. The van der Waals surface area contributed by atoms with Gasteiger partial charge in [0.25, 0.3) is 0 Å². The number of aliphatic hydroxyl groups is 1. The first-order valence-electron chi connectivity index (χ1n) is 20.8. The molecule has 0 rings (SSSR count). The van der Waals surface area contributed by atoms with Crippen molar-refractivity contribution in [1.29, 1.82) is 0 Å². The van der Waals surface area contributed by atoms with E-state index in [1.807, 2.05) is 13.8 Å². The van der Waals surface area contributed by atoms with Crippen LogP contribution in [0.25, 0.3) is 0 Å². The van der Waals surface area contributed by atoms with Gasteiger partial charge >= 0.3 is 5.97 Å².